The van der Waals surface area contributed by atoms with Gasteiger partial charge in [-0.3, -0.25) is 0 Å². The van der Waals surface area contributed by atoms with Crippen molar-refractivity contribution in [1.82, 2.24) is 19.9 Å². The number of hydrogen-bond donors (Lipinski definition) is 2. The molecule has 8 nitrogen and oxygen atoms in total. The molecule has 2 aromatic heterocycles. The van der Waals surface area contributed by atoms with Gasteiger partial charge in [-0.05, 0) is 49.1 Å². The van der Waals surface area contributed by atoms with Crippen LogP contribution in [0.2, 0.25) is 0 Å². The topological polar surface area (TPSA) is 110 Å². The van der Waals surface area contributed by atoms with E-state index in [9.17, 15) is 17.2 Å². The Balaban J connectivity index is 1.70. The molecule has 32 heavy (non-hydrogen) atoms. The van der Waals surface area contributed by atoms with Crippen LogP contribution in [0.3, 0.4) is 0 Å². The molecule has 1 aliphatic rings. The first-order chi connectivity index (χ1) is 15.1. The van der Waals surface area contributed by atoms with Crippen molar-refractivity contribution in [2.75, 3.05) is 23.4 Å². The second kappa shape index (κ2) is 8.38. The zero-order valence-corrected chi connectivity index (χ0v) is 18.3. The van der Waals surface area contributed by atoms with E-state index in [4.69, 9.17) is 0 Å². The fraction of sp³-hybridized carbons (Fsp3) is 0.333. The van der Waals surface area contributed by atoms with E-state index in [0.717, 1.165) is 26.0 Å². The van der Waals surface area contributed by atoms with Gasteiger partial charge in [-0.2, -0.15) is 23.7 Å². The van der Waals surface area contributed by atoms with Gasteiger partial charge in [0, 0.05) is 25.4 Å². The van der Waals surface area contributed by atoms with Gasteiger partial charge in [-0.1, -0.05) is 12.1 Å². The summed E-state index contributed by atoms with van der Waals surface area (Å²) in [5.41, 5.74) is 0.243. The SMILES string of the molecule is CC(F)(F)c1cccc(-c2nc(NCC3CC3)nc(Nc3cccc(S(C)(=O)=O)c3)n2)n1. The standard InChI is InChI=1S/C21H22F2N6O2S/c1-21(22,23)17-8-4-7-16(26-17)18-27-19(24-12-13-9-10-13)29-20(28-18)25-14-5-3-6-15(11-14)32(2,30)31/h3-8,11,13H,9-10,12H2,1-2H3,(H2,24,25,27,28,29). The highest BCUT2D eigenvalue weighted by Gasteiger charge is 2.27. The van der Waals surface area contributed by atoms with Gasteiger partial charge < -0.3 is 10.6 Å². The van der Waals surface area contributed by atoms with Crippen molar-refractivity contribution in [2.45, 2.75) is 30.6 Å². The number of aromatic nitrogens is 4. The lowest BCUT2D eigenvalue weighted by Gasteiger charge is -2.12. The van der Waals surface area contributed by atoms with E-state index < -0.39 is 21.5 Å². The average Bonchev–Trinajstić information content (AvgIpc) is 3.56. The molecule has 0 radical (unpaired) electrons. The first-order valence-electron chi connectivity index (χ1n) is 10.0. The maximum absolute atomic E-state index is 13.8. The number of alkyl halides is 2. The van der Waals surface area contributed by atoms with Crippen LogP contribution in [0.4, 0.5) is 26.4 Å². The van der Waals surface area contributed by atoms with Gasteiger partial charge in [0.15, 0.2) is 15.7 Å². The van der Waals surface area contributed by atoms with Crippen LogP contribution < -0.4 is 10.6 Å². The molecule has 0 unspecified atom stereocenters. The van der Waals surface area contributed by atoms with Crippen molar-refractivity contribution in [3.05, 3.63) is 48.2 Å². The summed E-state index contributed by atoms with van der Waals surface area (Å²) in [7, 11) is -3.39. The van der Waals surface area contributed by atoms with Crippen molar-refractivity contribution >= 4 is 27.4 Å². The van der Waals surface area contributed by atoms with Gasteiger partial charge in [0.2, 0.25) is 11.9 Å². The number of hydrogen-bond acceptors (Lipinski definition) is 8. The fourth-order valence-corrected chi connectivity index (χ4v) is 3.59. The molecule has 168 valence electrons. The third-order valence-corrected chi connectivity index (χ3v) is 5.94. The molecule has 1 aromatic carbocycles. The first-order valence-corrected chi connectivity index (χ1v) is 11.9. The van der Waals surface area contributed by atoms with Gasteiger partial charge in [0.1, 0.15) is 11.4 Å². The molecule has 11 heteroatoms. The molecule has 4 rings (SSSR count). The van der Waals surface area contributed by atoms with E-state index in [-0.39, 0.29) is 28.3 Å². The maximum atomic E-state index is 13.8. The molecule has 2 heterocycles. The predicted molar refractivity (Wildman–Crippen MR) is 117 cm³/mol. The van der Waals surface area contributed by atoms with Crippen molar-refractivity contribution < 1.29 is 17.2 Å². The smallest absolute Gasteiger partial charge is 0.286 e. The number of anilines is 3. The van der Waals surface area contributed by atoms with Crippen molar-refractivity contribution in [3.63, 3.8) is 0 Å². The van der Waals surface area contributed by atoms with Crippen molar-refractivity contribution in [1.29, 1.82) is 0 Å². The maximum Gasteiger partial charge on any atom is 0.286 e. The van der Waals surface area contributed by atoms with Crippen LogP contribution in [0.15, 0.2) is 47.4 Å². The fourth-order valence-electron chi connectivity index (χ4n) is 2.92. The van der Waals surface area contributed by atoms with E-state index >= 15 is 0 Å². The van der Waals surface area contributed by atoms with Gasteiger partial charge >= 0.3 is 0 Å². The van der Waals surface area contributed by atoms with Crippen molar-refractivity contribution in [3.8, 4) is 11.5 Å². The summed E-state index contributed by atoms with van der Waals surface area (Å²) < 4.78 is 51.2. The summed E-state index contributed by atoms with van der Waals surface area (Å²) in [5.74, 6) is -2.03. The summed E-state index contributed by atoms with van der Waals surface area (Å²) in [6.45, 7) is 1.46. The third-order valence-electron chi connectivity index (χ3n) is 4.83. The second-order valence-electron chi connectivity index (χ2n) is 7.85. The number of halogens is 2. The summed E-state index contributed by atoms with van der Waals surface area (Å²) in [6, 6.07) is 10.5. The Kier molecular flexibility index (Phi) is 5.76. The van der Waals surface area contributed by atoms with Crippen LogP contribution in [0.5, 0.6) is 0 Å². The molecule has 0 atom stereocenters. The zero-order valence-electron chi connectivity index (χ0n) is 17.5. The molecule has 0 aliphatic heterocycles. The predicted octanol–water partition coefficient (Wildman–Crippen LogP) is 4.01. The van der Waals surface area contributed by atoms with Gasteiger partial charge in [0.05, 0.1) is 4.90 Å². The summed E-state index contributed by atoms with van der Waals surface area (Å²) in [5, 5.41) is 6.12. The van der Waals surface area contributed by atoms with Crippen molar-refractivity contribution in [2.24, 2.45) is 5.92 Å². The number of rotatable bonds is 8. The molecule has 3 aromatic rings. The number of benzene rings is 1. The number of nitrogens with one attached hydrogen (secondary N) is 2. The lowest BCUT2D eigenvalue weighted by molar-refractivity contribution is 0.0129. The molecule has 0 amide bonds. The molecule has 2 N–H and O–H groups in total. The minimum Gasteiger partial charge on any atom is -0.354 e. The minimum atomic E-state index is -3.39. The van der Waals surface area contributed by atoms with Crippen LogP contribution in [-0.4, -0.2) is 41.2 Å². The number of pyridine rings is 1. The number of sulfone groups is 1. The van der Waals surface area contributed by atoms with Crippen LogP contribution in [0.1, 0.15) is 25.5 Å². The summed E-state index contributed by atoms with van der Waals surface area (Å²) in [6.07, 6.45) is 3.38. The zero-order chi connectivity index (χ0) is 22.9. The molecular formula is C21H22F2N6O2S. The normalized spacial score (nSPS) is 14.2. The Morgan fingerprint density at radius 3 is 2.44 bits per heavy atom. The lowest BCUT2D eigenvalue weighted by Crippen LogP contribution is -2.12. The van der Waals surface area contributed by atoms with Crippen LogP contribution >= 0.6 is 0 Å². The average molecular weight is 461 g/mol. The summed E-state index contributed by atoms with van der Waals surface area (Å²) in [4.78, 5) is 17.2. The molecule has 0 spiro atoms. The first kappa shape index (κ1) is 22.0. The molecule has 1 fully saturated rings. The van der Waals surface area contributed by atoms with Crippen LogP contribution in [0.25, 0.3) is 11.5 Å². The van der Waals surface area contributed by atoms with Gasteiger partial charge in [-0.25, -0.2) is 13.4 Å². The molecule has 1 aliphatic carbocycles. The van der Waals surface area contributed by atoms with E-state index in [0.29, 0.717) is 18.2 Å². The number of nitrogens with zero attached hydrogens (tertiary/aromatic N) is 4. The third kappa shape index (κ3) is 5.52. The van der Waals surface area contributed by atoms with Crippen LogP contribution in [-0.2, 0) is 15.8 Å². The van der Waals surface area contributed by atoms with E-state index in [1.54, 1.807) is 18.2 Å². The van der Waals surface area contributed by atoms with Gasteiger partial charge in [0.25, 0.3) is 5.92 Å². The Bertz CT molecular complexity index is 1240. The quantitative estimate of drug-likeness (QED) is 0.519. The molecular weight excluding hydrogens is 438 g/mol. The monoisotopic (exact) mass is 460 g/mol. The van der Waals surface area contributed by atoms with E-state index in [2.05, 4.69) is 30.6 Å². The molecule has 0 bridgehead atoms. The van der Waals surface area contributed by atoms with E-state index in [1.807, 2.05) is 0 Å². The molecule has 0 saturated heterocycles. The van der Waals surface area contributed by atoms with Gasteiger partial charge in [-0.15, -0.1) is 0 Å². The highest BCUT2D eigenvalue weighted by molar-refractivity contribution is 7.90. The van der Waals surface area contributed by atoms with Crippen LogP contribution in [0, 0.1) is 5.92 Å². The Hall–Kier alpha value is -3.21. The Morgan fingerprint density at radius 1 is 1.03 bits per heavy atom. The largest absolute Gasteiger partial charge is 0.354 e. The highest BCUT2D eigenvalue weighted by atomic mass is 32.2. The van der Waals surface area contributed by atoms with E-state index in [1.165, 1.54) is 24.3 Å². The Labute approximate surface area is 184 Å². The molecule has 1 saturated carbocycles. The second-order valence-corrected chi connectivity index (χ2v) is 9.87. The minimum absolute atomic E-state index is 0.117. The lowest BCUT2D eigenvalue weighted by atomic mass is 10.2. The Morgan fingerprint density at radius 2 is 1.75 bits per heavy atom. The highest BCUT2D eigenvalue weighted by Crippen LogP contribution is 2.30. The summed E-state index contributed by atoms with van der Waals surface area (Å²) >= 11 is 0.